The first kappa shape index (κ1) is 22.1. The number of hydrogen-bond acceptors (Lipinski definition) is 4. The molecule has 0 heterocycles. The Hall–Kier alpha value is -1.14. The summed E-state index contributed by atoms with van der Waals surface area (Å²) in [5.41, 5.74) is 0. The fraction of sp³-hybridized carbons (Fsp3) is 0.917. The van der Waals surface area contributed by atoms with Gasteiger partial charge in [0.15, 0.2) is 0 Å². The molecule has 4 saturated carbocycles. The van der Waals surface area contributed by atoms with Gasteiger partial charge in [-0.05, 0) is 74.0 Å². The number of ether oxygens (including phenoxy) is 2. The van der Waals surface area contributed by atoms with Gasteiger partial charge in [-0.3, -0.25) is 0 Å². The lowest BCUT2D eigenvalue weighted by Gasteiger charge is -2.55. The van der Waals surface area contributed by atoms with E-state index in [-0.39, 0.29) is 25.4 Å². The maximum Gasteiger partial charge on any atom is 0.329 e. The van der Waals surface area contributed by atoms with Gasteiger partial charge in [0.1, 0.15) is 13.2 Å². The maximum atomic E-state index is 11.3. The first-order chi connectivity index (χ1) is 14.5. The van der Waals surface area contributed by atoms with Gasteiger partial charge in [0.25, 0.3) is 0 Å². The largest absolute Gasteiger partial charge is 0.480 e. The van der Waals surface area contributed by atoms with Gasteiger partial charge in [-0.2, -0.15) is 0 Å². The monoisotopic (exact) mass is 422 g/mol. The molecule has 6 heteroatoms. The van der Waals surface area contributed by atoms with Crippen LogP contribution in [0.5, 0.6) is 0 Å². The van der Waals surface area contributed by atoms with Crippen LogP contribution >= 0.6 is 0 Å². The van der Waals surface area contributed by atoms with Crippen molar-refractivity contribution in [3.63, 3.8) is 0 Å². The predicted molar refractivity (Wildman–Crippen MR) is 111 cm³/mol. The van der Waals surface area contributed by atoms with Crippen molar-refractivity contribution in [3.05, 3.63) is 0 Å². The van der Waals surface area contributed by atoms with E-state index in [1.54, 1.807) is 0 Å². The molecule has 0 saturated heterocycles. The van der Waals surface area contributed by atoms with Crippen LogP contribution in [0, 0.1) is 35.5 Å². The van der Waals surface area contributed by atoms with Crippen LogP contribution in [0.15, 0.2) is 0 Å². The van der Waals surface area contributed by atoms with Gasteiger partial charge in [-0.15, -0.1) is 0 Å². The number of hydrogen-bond donors (Lipinski definition) is 2. The molecule has 8 unspecified atom stereocenters. The molecule has 30 heavy (non-hydrogen) atoms. The zero-order chi connectivity index (χ0) is 21.1. The number of carboxylic acid groups (broad SMARTS) is 2. The van der Waals surface area contributed by atoms with Crippen LogP contribution in [0.25, 0.3) is 0 Å². The van der Waals surface area contributed by atoms with E-state index in [0.717, 1.165) is 25.7 Å². The highest BCUT2D eigenvalue weighted by atomic mass is 16.5. The fourth-order valence-electron chi connectivity index (χ4n) is 7.71. The molecule has 0 aliphatic heterocycles. The van der Waals surface area contributed by atoms with Gasteiger partial charge in [-0.1, -0.05) is 38.5 Å². The molecule has 0 aromatic carbocycles. The molecule has 0 aromatic rings. The second-order valence-corrected chi connectivity index (χ2v) is 10.2. The van der Waals surface area contributed by atoms with E-state index in [9.17, 15) is 19.8 Å². The number of rotatable bonds is 7. The molecule has 0 spiro atoms. The summed E-state index contributed by atoms with van der Waals surface area (Å²) in [4.78, 5) is 22.5. The third kappa shape index (κ3) is 4.85. The van der Waals surface area contributed by atoms with Crippen molar-refractivity contribution < 1.29 is 29.3 Å². The van der Waals surface area contributed by atoms with Crippen molar-refractivity contribution in [2.45, 2.75) is 89.3 Å². The first-order valence-electron chi connectivity index (χ1n) is 12.2. The van der Waals surface area contributed by atoms with Crippen LogP contribution in [0.1, 0.15) is 77.0 Å². The molecule has 8 atom stereocenters. The zero-order valence-electron chi connectivity index (χ0n) is 18.0. The molecule has 0 bridgehead atoms. The van der Waals surface area contributed by atoms with Gasteiger partial charge in [0, 0.05) is 0 Å². The van der Waals surface area contributed by atoms with Crippen LogP contribution in [-0.2, 0) is 19.1 Å². The van der Waals surface area contributed by atoms with Crippen molar-refractivity contribution in [2.75, 3.05) is 13.2 Å². The van der Waals surface area contributed by atoms with Crippen molar-refractivity contribution in [3.8, 4) is 0 Å². The summed E-state index contributed by atoms with van der Waals surface area (Å²) in [6.07, 6.45) is 14.1. The zero-order valence-corrected chi connectivity index (χ0v) is 18.0. The predicted octanol–water partition coefficient (Wildman–Crippen LogP) is 4.36. The van der Waals surface area contributed by atoms with Crippen molar-refractivity contribution >= 4 is 11.9 Å². The fourth-order valence-corrected chi connectivity index (χ4v) is 7.71. The summed E-state index contributed by atoms with van der Waals surface area (Å²) >= 11 is 0. The number of fused-ring (bicyclic) bond motifs is 2. The van der Waals surface area contributed by atoms with E-state index in [2.05, 4.69) is 0 Å². The third-order valence-corrected chi connectivity index (χ3v) is 8.71. The third-order valence-electron chi connectivity index (χ3n) is 8.71. The summed E-state index contributed by atoms with van der Waals surface area (Å²) in [6, 6.07) is 0. The Bertz CT molecular complexity index is 555. The van der Waals surface area contributed by atoms with E-state index in [1.165, 1.54) is 51.4 Å². The van der Waals surface area contributed by atoms with Crippen molar-refractivity contribution in [2.24, 2.45) is 35.5 Å². The van der Waals surface area contributed by atoms with Crippen molar-refractivity contribution in [1.82, 2.24) is 0 Å². The minimum atomic E-state index is -0.905. The Balaban J connectivity index is 1.63. The van der Waals surface area contributed by atoms with Crippen LogP contribution in [0.2, 0.25) is 0 Å². The molecule has 4 fully saturated rings. The van der Waals surface area contributed by atoms with Gasteiger partial charge >= 0.3 is 11.9 Å². The molecule has 4 aliphatic rings. The summed E-state index contributed by atoms with van der Waals surface area (Å²) < 4.78 is 12.1. The molecular formula is C24H38O6. The molecular weight excluding hydrogens is 384 g/mol. The smallest absolute Gasteiger partial charge is 0.329 e. The van der Waals surface area contributed by atoms with E-state index in [0.29, 0.717) is 35.5 Å². The van der Waals surface area contributed by atoms with E-state index >= 15 is 0 Å². The highest BCUT2D eigenvalue weighted by Crippen LogP contribution is 2.55. The number of carbonyl (C=O) groups is 2. The molecule has 0 aromatic heterocycles. The maximum absolute atomic E-state index is 11.3. The normalized spacial score (nSPS) is 41.5. The topological polar surface area (TPSA) is 93.1 Å². The van der Waals surface area contributed by atoms with Crippen LogP contribution in [0.3, 0.4) is 0 Å². The number of aliphatic carboxylic acids is 2. The summed E-state index contributed by atoms with van der Waals surface area (Å²) in [6.45, 7) is -0.472. The van der Waals surface area contributed by atoms with Crippen molar-refractivity contribution in [1.29, 1.82) is 0 Å². The molecule has 4 rings (SSSR count). The quantitative estimate of drug-likeness (QED) is 0.633. The molecule has 6 nitrogen and oxygen atoms in total. The Morgan fingerprint density at radius 3 is 1.40 bits per heavy atom. The molecule has 170 valence electrons. The molecule has 2 N–H and O–H groups in total. The van der Waals surface area contributed by atoms with E-state index in [1.807, 2.05) is 0 Å². The van der Waals surface area contributed by atoms with Crippen LogP contribution in [-0.4, -0.2) is 47.6 Å². The molecule has 4 aliphatic carbocycles. The summed E-state index contributed by atoms with van der Waals surface area (Å²) in [5, 5.41) is 18.5. The second kappa shape index (κ2) is 9.99. The average molecular weight is 423 g/mol. The Labute approximate surface area is 179 Å². The van der Waals surface area contributed by atoms with Gasteiger partial charge in [-0.25, -0.2) is 9.59 Å². The number of carboxylic acids is 2. The van der Waals surface area contributed by atoms with Gasteiger partial charge in [0.2, 0.25) is 0 Å². The minimum Gasteiger partial charge on any atom is -0.480 e. The SMILES string of the molecule is O=C(O)COC1CCC2CCCCC2C1C1C(OCC(=O)O)CCC2CCCCC21. The van der Waals surface area contributed by atoms with Gasteiger partial charge < -0.3 is 19.7 Å². The lowest BCUT2D eigenvalue weighted by molar-refractivity contribution is -0.172. The summed E-state index contributed by atoms with van der Waals surface area (Å²) in [7, 11) is 0. The highest BCUT2D eigenvalue weighted by molar-refractivity contribution is 5.68. The lowest BCUT2D eigenvalue weighted by atomic mass is 9.53. The minimum absolute atomic E-state index is 0.0398. The van der Waals surface area contributed by atoms with Crippen LogP contribution in [0.4, 0.5) is 0 Å². The van der Waals surface area contributed by atoms with E-state index < -0.39 is 11.9 Å². The van der Waals surface area contributed by atoms with Crippen LogP contribution < -0.4 is 0 Å². The lowest BCUT2D eigenvalue weighted by Crippen LogP contribution is -2.54. The van der Waals surface area contributed by atoms with E-state index in [4.69, 9.17) is 9.47 Å². The first-order valence-corrected chi connectivity index (χ1v) is 12.2. The van der Waals surface area contributed by atoms with Gasteiger partial charge in [0.05, 0.1) is 12.2 Å². The molecule has 0 radical (unpaired) electrons. The Morgan fingerprint density at radius 1 is 0.600 bits per heavy atom. The molecule has 0 amide bonds. The Kier molecular flexibility index (Phi) is 7.35. The highest BCUT2D eigenvalue weighted by Gasteiger charge is 2.52. The second-order valence-electron chi connectivity index (χ2n) is 10.2. The standard InChI is InChI=1S/C24H38O6/c25-21(26)13-29-19-11-9-15-5-1-3-7-17(15)23(19)24-18-8-4-2-6-16(18)10-12-20(24)30-14-22(27)28/h15-20,23-24H,1-14H2,(H,25,26)(H,27,28). The summed E-state index contributed by atoms with van der Waals surface area (Å²) in [5.74, 6) is 1.33. The average Bonchev–Trinajstić information content (AvgIpc) is 2.75. The Morgan fingerprint density at radius 2 is 1.00 bits per heavy atom.